The van der Waals surface area contributed by atoms with Crippen LogP contribution in [0.1, 0.15) is 120 Å². The highest BCUT2D eigenvalue weighted by atomic mass is 14.4. The molecule has 30 heavy (non-hydrogen) atoms. The zero-order valence-corrected chi connectivity index (χ0v) is 21.5. The van der Waals surface area contributed by atoms with Crippen molar-refractivity contribution in [3.05, 3.63) is 58.2 Å². The molecule has 0 saturated heterocycles. The zero-order valence-electron chi connectivity index (χ0n) is 21.5. The van der Waals surface area contributed by atoms with Crippen LogP contribution in [0.3, 0.4) is 0 Å². The lowest BCUT2D eigenvalue weighted by Gasteiger charge is -2.40. The fourth-order valence-electron chi connectivity index (χ4n) is 4.54. The lowest BCUT2D eigenvalue weighted by atomic mass is 9.65. The van der Waals surface area contributed by atoms with Gasteiger partial charge in [0.25, 0.3) is 0 Å². The third kappa shape index (κ3) is 10.1. The summed E-state index contributed by atoms with van der Waals surface area (Å²) in [5.41, 5.74) is 8.08. The van der Waals surface area contributed by atoms with E-state index in [4.69, 9.17) is 0 Å². The Kier molecular flexibility index (Phi) is 12.4. The molecule has 2 atom stereocenters. The molecule has 0 radical (unpaired) electrons. The summed E-state index contributed by atoms with van der Waals surface area (Å²) in [6.07, 6.45) is 24.5. The van der Waals surface area contributed by atoms with Crippen molar-refractivity contribution in [2.24, 2.45) is 11.3 Å². The van der Waals surface area contributed by atoms with E-state index in [1.54, 1.807) is 16.7 Å². The molecule has 0 aromatic rings. The van der Waals surface area contributed by atoms with Crippen LogP contribution in [-0.4, -0.2) is 0 Å². The highest BCUT2D eigenvalue weighted by Crippen LogP contribution is 2.45. The van der Waals surface area contributed by atoms with Gasteiger partial charge in [0.2, 0.25) is 0 Å². The first-order chi connectivity index (χ1) is 14.1. The molecule has 170 valence electrons. The van der Waals surface area contributed by atoms with Crippen LogP contribution in [0.25, 0.3) is 0 Å². The van der Waals surface area contributed by atoms with Crippen molar-refractivity contribution in [1.82, 2.24) is 0 Å². The van der Waals surface area contributed by atoms with Crippen LogP contribution in [0, 0.1) is 11.3 Å². The molecule has 0 heterocycles. The monoisotopic (exact) mass is 410 g/mol. The molecule has 0 saturated carbocycles. The van der Waals surface area contributed by atoms with Crippen molar-refractivity contribution < 1.29 is 0 Å². The molecule has 0 spiro atoms. The molecule has 0 heteroatoms. The van der Waals surface area contributed by atoms with Crippen LogP contribution in [-0.2, 0) is 0 Å². The molecule has 0 N–H and O–H groups in total. The van der Waals surface area contributed by atoms with Crippen LogP contribution < -0.4 is 0 Å². The van der Waals surface area contributed by atoms with Crippen LogP contribution >= 0.6 is 0 Å². The molecule has 1 rings (SSSR count). The average Bonchev–Trinajstić information content (AvgIpc) is 2.66. The highest BCUT2D eigenvalue weighted by Gasteiger charge is 2.33. The summed E-state index contributed by atoms with van der Waals surface area (Å²) < 4.78 is 0. The number of allylic oxidation sites excluding steroid dienone is 10. The molecular weight excluding hydrogens is 360 g/mol. The first-order valence-corrected chi connectivity index (χ1v) is 12.4. The molecule has 0 bridgehead atoms. The molecule has 0 fully saturated rings. The smallest absolute Gasteiger partial charge is 0.00905 e. The maximum Gasteiger partial charge on any atom is -0.00905 e. The molecule has 0 amide bonds. The average molecular weight is 411 g/mol. The van der Waals surface area contributed by atoms with Gasteiger partial charge in [0.1, 0.15) is 0 Å². The van der Waals surface area contributed by atoms with Gasteiger partial charge in [0.05, 0.1) is 0 Å². The SMILES string of the molecule is CC(C)=CCC/C(C)=C/CC/C(C)=C/CC/C(C)=C/CC[C@@]1(C)C(C)=CCC[C@H]1C. The van der Waals surface area contributed by atoms with Crippen molar-refractivity contribution in [3.8, 4) is 0 Å². The van der Waals surface area contributed by atoms with Gasteiger partial charge in [0.15, 0.2) is 0 Å². The standard InChI is InChI=1S/C30H50/c1-24(2)14-9-15-25(3)16-10-17-26(4)18-11-19-27(5)20-13-23-30(8)28(6)21-12-22-29(30)7/h14,16,18,20-21,29H,9-13,15,17,19,22-23H2,1-8H3/b25-16+,26-18+,27-20+/t29-,30+/m1/s1. The van der Waals surface area contributed by atoms with Gasteiger partial charge >= 0.3 is 0 Å². The Bertz CT molecular complexity index is 660. The summed E-state index contributed by atoms with van der Waals surface area (Å²) in [5.74, 6) is 0.812. The zero-order chi connectivity index (χ0) is 22.6. The van der Waals surface area contributed by atoms with E-state index >= 15 is 0 Å². The minimum atomic E-state index is 0.406. The van der Waals surface area contributed by atoms with Crippen LogP contribution in [0.15, 0.2) is 58.2 Å². The van der Waals surface area contributed by atoms with E-state index in [2.05, 4.69) is 85.8 Å². The molecular formula is C30H50. The number of hydrogen-bond acceptors (Lipinski definition) is 0. The summed E-state index contributed by atoms with van der Waals surface area (Å²) in [6, 6.07) is 0. The topological polar surface area (TPSA) is 0 Å². The Balaban J connectivity index is 2.32. The highest BCUT2D eigenvalue weighted by molar-refractivity contribution is 5.16. The number of rotatable bonds is 12. The summed E-state index contributed by atoms with van der Waals surface area (Å²) in [4.78, 5) is 0. The van der Waals surface area contributed by atoms with E-state index in [0.29, 0.717) is 5.41 Å². The summed E-state index contributed by atoms with van der Waals surface area (Å²) in [6.45, 7) is 18.5. The molecule has 1 aliphatic carbocycles. The normalized spacial score (nSPS) is 23.4. The van der Waals surface area contributed by atoms with E-state index in [0.717, 1.165) is 5.92 Å². The Morgan fingerprint density at radius 2 is 1.30 bits per heavy atom. The largest absolute Gasteiger partial charge is 0.0856 e. The lowest BCUT2D eigenvalue weighted by Crippen LogP contribution is -2.29. The third-order valence-electron chi connectivity index (χ3n) is 7.35. The van der Waals surface area contributed by atoms with Gasteiger partial charge < -0.3 is 0 Å². The minimum Gasteiger partial charge on any atom is -0.0856 e. The van der Waals surface area contributed by atoms with E-state index < -0.39 is 0 Å². The minimum absolute atomic E-state index is 0.406. The van der Waals surface area contributed by atoms with Crippen molar-refractivity contribution in [2.45, 2.75) is 120 Å². The summed E-state index contributed by atoms with van der Waals surface area (Å²) in [5, 5.41) is 0. The van der Waals surface area contributed by atoms with Crippen LogP contribution in [0.4, 0.5) is 0 Å². The maximum absolute atomic E-state index is 2.50. The Morgan fingerprint density at radius 3 is 1.77 bits per heavy atom. The van der Waals surface area contributed by atoms with Crippen molar-refractivity contribution in [2.75, 3.05) is 0 Å². The maximum atomic E-state index is 2.50. The Hall–Kier alpha value is -1.30. The second kappa shape index (κ2) is 13.9. The lowest BCUT2D eigenvalue weighted by molar-refractivity contribution is 0.212. The molecule has 1 aliphatic rings. The molecule has 0 aromatic heterocycles. The van der Waals surface area contributed by atoms with Crippen molar-refractivity contribution in [3.63, 3.8) is 0 Å². The van der Waals surface area contributed by atoms with Gasteiger partial charge in [-0.05, 0) is 117 Å². The van der Waals surface area contributed by atoms with E-state index in [9.17, 15) is 0 Å². The predicted molar refractivity (Wildman–Crippen MR) is 138 cm³/mol. The van der Waals surface area contributed by atoms with Gasteiger partial charge in [-0.25, -0.2) is 0 Å². The summed E-state index contributed by atoms with van der Waals surface area (Å²) >= 11 is 0. The molecule has 0 aliphatic heterocycles. The van der Waals surface area contributed by atoms with E-state index in [1.807, 2.05) is 0 Å². The van der Waals surface area contributed by atoms with Gasteiger partial charge in [-0.3, -0.25) is 0 Å². The first-order valence-electron chi connectivity index (χ1n) is 12.4. The second-order valence-corrected chi connectivity index (χ2v) is 10.4. The fraction of sp³-hybridized carbons (Fsp3) is 0.667. The van der Waals surface area contributed by atoms with Crippen LogP contribution in [0.2, 0.25) is 0 Å². The van der Waals surface area contributed by atoms with Gasteiger partial charge in [0, 0.05) is 0 Å². The van der Waals surface area contributed by atoms with Crippen molar-refractivity contribution >= 4 is 0 Å². The van der Waals surface area contributed by atoms with Gasteiger partial charge in [-0.2, -0.15) is 0 Å². The first kappa shape index (κ1) is 26.7. The fourth-order valence-corrected chi connectivity index (χ4v) is 4.54. The van der Waals surface area contributed by atoms with E-state index in [-0.39, 0.29) is 0 Å². The third-order valence-corrected chi connectivity index (χ3v) is 7.35. The predicted octanol–water partition coefficient (Wildman–Crippen LogP) is 10.3. The Labute approximate surface area is 189 Å². The molecule has 0 unspecified atom stereocenters. The van der Waals surface area contributed by atoms with Crippen LogP contribution in [0.5, 0.6) is 0 Å². The molecule has 0 nitrogen and oxygen atoms in total. The van der Waals surface area contributed by atoms with E-state index in [1.165, 1.54) is 75.4 Å². The van der Waals surface area contributed by atoms with Gasteiger partial charge in [-0.1, -0.05) is 72.1 Å². The van der Waals surface area contributed by atoms with Crippen molar-refractivity contribution in [1.29, 1.82) is 0 Å². The summed E-state index contributed by atoms with van der Waals surface area (Å²) in [7, 11) is 0. The van der Waals surface area contributed by atoms with Gasteiger partial charge in [-0.15, -0.1) is 0 Å². The second-order valence-electron chi connectivity index (χ2n) is 10.4. The Morgan fingerprint density at radius 1 is 0.833 bits per heavy atom. The molecule has 0 aromatic carbocycles. The quantitative estimate of drug-likeness (QED) is 0.281. The number of hydrogen-bond donors (Lipinski definition) is 0.